The van der Waals surface area contributed by atoms with Crippen molar-refractivity contribution in [2.24, 2.45) is 5.92 Å². The van der Waals surface area contributed by atoms with Crippen LogP contribution in [0, 0.1) is 5.92 Å². The highest BCUT2D eigenvalue weighted by Crippen LogP contribution is 2.39. The van der Waals surface area contributed by atoms with Gasteiger partial charge in [-0.2, -0.15) is 5.10 Å². The van der Waals surface area contributed by atoms with Crippen LogP contribution in [0.15, 0.2) is 30.6 Å². The quantitative estimate of drug-likeness (QED) is 0.517. The Labute approximate surface area is 221 Å². The average molecular weight is 510 g/mol. The van der Waals surface area contributed by atoms with Gasteiger partial charge in [-0.25, -0.2) is 4.79 Å². The van der Waals surface area contributed by atoms with Crippen molar-refractivity contribution in [3.63, 3.8) is 0 Å². The van der Waals surface area contributed by atoms with E-state index in [0.717, 1.165) is 47.9 Å². The molecule has 2 aliphatic rings. The molecule has 8 heteroatoms. The predicted molar refractivity (Wildman–Crippen MR) is 146 cm³/mol. The average Bonchev–Trinajstić information content (AvgIpc) is 3.31. The smallest absolute Gasteiger partial charge is 0.407 e. The third-order valence-corrected chi connectivity index (χ3v) is 7.63. The van der Waals surface area contributed by atoms with E-state index < -0.39 is 6.09 Å². The standard InChI is InChI=1S/C29H43N5O3/c1-20(2)37-29(36)31-27-15-21(3)34(22(4)35)28-12-11-24(16-26(27)28)25-17-30-33(19-25)14-13-32(5)18-23-9-7-6-8-10-23/h11-12,16-17,19-21,23,27H,6-10,13-15,18H2,1-5H3,(H,31,36)/t21-,27+/m0/s1. The first kappa shape index (κ1) is 27.2. The Hall–Kier alpha value is -2.87. The monoisotopic (exact) mass is 509 g/mol. The van der Waals surface area contributed by atoms with E-state index in [1.54, 1.807) is 6.92 Å². The van der Waals surface area contributed by atoms with Crippen molar-refractivity contribution in [2.75, 3.05) is 25.0 Å². The second kappa shape index (κ2) is 12.1. The zero-order chi connectivity index (χ0) is 26.5. The third kappa shape index (κ3) is 6.92. The van der Waals surface area contributed by atoms with Gasteiger partial charge in [0.25, 0.3) is 0 Å². The number of aromatic nitrogens is 2. The van der Waals surface area contributed by atoms with Crippen LogP contribution >= 0.6 is 0 Å². The molecule has 0 bridgehead atoms. The summed E-state index contributed by atoms with van der Waals surface area (Å²) in [6, 6.07) is 5.82. The molecule has 1 N–H and O–H groups in total. The van der Waals surface area contributed by atoms with Crippen LogP contribution in [0.3, 0.4) is 0 Å². The highest BCUT2D eigenvalue weighted by Gasteiger charge is 2.34. The zero-order valence-corrected chi connectivity index (χ0v) is 23.1. The number of nitrogens with one attached hydrogen (secondary N) is 1. The molecule has 1 fully saturated rings. The number of ether oxygens (including phenoxy) is 1. The molecule has 8 nitrogen and oxygen atoms in total. The van der Waals surface area contributed by atoms with E-state index in [2.05, 4.69) is 34.6 Å². The molecular formula is C29H43N5O3. The van der Waals surface area contributed by atoms with Crippen LogP contribution in [-0.2, 0) is 16.1 Å². The van der Waals surface area contributed by atoms with E-state index in [4.69, 9.17) is 4.74 Å². The van der Waals surface area contributed by atoms with Gasteiger partial charge in [0.15, 0.2) is 0 Å². The number of fused-ring (bicyclic) bond motifs is 1. The summed E-state index contributed by atoms with van der Waals surface area (Å²) in [5.74, 6) is 0.828. The van der Waals surface area contributed by atoms with Gasteiger partial charge >= 0.3 is 6.09 Å². The molecule has 0 spiro atoms. The van der Waals surface area contributed by atoms with Crippen LogP contribution in [0.25, 0.3) is 11.1 Å². The predicted octanol–water partition coefficient (Wildman–Crippen LogP) is 5.38. The summed E-state index contributed by atoms with van der Waals surface area (Å²) in [6.07, 6.45) is 10.8. The topological polar surface area (TPSA) is 79.7 Å². The summed E-state index contributed by atoms with van der Waals surface area (Å²) in [7, 11) is 2.21. The van der Waals surface area contributed by atoms with Gasteiger partial charge < -0.3 is 19.9 Å². The molecule has 4 rings (SSSR count). The minimum absolute atomic E-state index is 0.00475. The molecule has 2 atom stereocenters. The summed E-state index contributed by atoms with van der Waals surface area (Å²) < 4.78 is 7.35. The largest absolute Gasteiger partial charge is 0.447 e. The molecule has 2 amide bonds. The van der Waals surface area contributed by atoms with Crippen LogP contribution in [0.5, 0.6) is 0 Å². The minimum Gasteiger partial charge on any atom is -0.447 e. The molecular weight excluding hydrogens is 466 g/mol. The normalized spacial score (nSPS) is 20.2. The number of rotatable bonds is 8. The molecule has 202 valence electrons. The van der Waals surface area contributed by atoms with E-state index in [-0.39, 0.29) is 24.1 Å². The van der Waals surface area contributed by atoms with E-state index in [1.807, 2.05) is 48.7 Å². The van der Waals surface area contributed by atoms with Gasteiger partial charge in [0, 0.05) is 43.5 Å². The first-order valence-corrected chi connectivity index (χ1v) is 13.8. The highest BCUT2D eigenvalue weighted by atomic mass is 16.6. The number of benzene rings is 1. The highest BCUT2D eigenvalue weighted by molar-refractivity contribution is 5.94. The van der Waals surface area contributed by atoms with Crippen molar-refractivity contribution in [1.82, 2.24) is 20.0 Å². The SMILES string of the molecule is CC(=O)N1c2ccc(-c3cnn(CCN(C)CC4CCCCC4)c3)cc2[C@H](NC(=O)OC(C)C)C[C@@H]1C. The number of carbonyl (C=O) groups excluding carboxylic acids is 2. The first-order valence-electron chi connectivity index (χ1n) is 13.8. The summed E-state index contributed by atoms with van der Waals surface area (Å²) in [5, 5.41) is 7.64. The van der Waals surface area contributed by atoms with Crippen molar-refractivity contribution < 1.29 is 14.3 Å². The fraction of sp³-hybridized carbons (Fsp3) is 0.621. The second-order valence-electron chi connectivity index (χ2n) is 11.2. The number of amides is 2. The lowest BCUT2D eigenvalue weighted by Gasteiger charge is -2.39. The second-order valence-corrected chi connectivity index (χ2v) is 11.2. The van der Waals surface area contributed by atoms with E-state index in [1.165, 1.54) is 32.1 Å². The molecule has 0 radical (unpaired) electrons. The lowest BCUT2D eigenvalue weighted by atomic mass is 9.89. The molecule has 2 aromatic rings. The van der Waals surface area contributed by atoms with Gasteiger partial charge in [-0.05, 0) is 76.3 Å². The van der Waals surface area contributed by atoms with Crippen molar-refractivity contribution in [2.45, 2.75) is 91.0 Å². The van der Waals surface area contributed by atoms with E-state index >= 15 is 0 Å². The van der Waals surface area contributed by atoms with Gasteiger partial charge in [0.1, 0.15) is 0 Å². The minimum atomic E-state index is -0.440. The number of anilines is 1. The molecule has 1 aromatic heterocycles. The molecule has 0 saturated heterocycles. The number of carbonyl (C=O) groups is 2. The number of alkyl carbamates (subject to hydrolysis) is 1. The van der Waals surface area contributed by atoms with Gasteiger partial charge in [-0.1, -0.05) is 25.3 Å². The molecule has 1 aromatic carbocycles. The summed E-state index contributed by atoms with van der Waals surface area (Å²) >= 11 is 0. The molecule has 0 unspecified atom stereocenters. The Balaban J connectivity index is 1.48. The van der Waals surface area contributed by atoms with Crippen LogP contribution in [0.4, 0.5) is 10.5 Å². The van der Waals surface area contributed by atoms with Crippen LogP contribution in [0.1, 0.15) is 77.8 Å². The summed E-state index contributed by atoms with van der Waals surface area (Å²) in [4.78, 5) is 29.1. The number of likely N-dealkylation sites (N-methyl/N-ethyl adjacent to an activating group) is 1. The fourth-order valence-corrected chi connectivity index (χ4v) is 5.86. The van der Waals surface area contributed by atoms with E-state index in [9.17, 15) is 9.59 Å². The van der Waals surface area contributed by atoms with Crippen molar-refractivity contribution >= 4 is 17.7 Å². The number of hydrogen-bond acceptors (Lipinski definition) is 5. The van der Waals surface area contributed by atoms with Crippen molar-refractivity contribution in [3.05, 3.63) is 36.2 Å². The number of hydrogen-bond donors (Lipinski definition) is 1. The molecule has 2 heterocycles. The summed E-state index contributed by atoms with van der Waals surface area (Å²) in [5.41, 5.74) is 3.80. The lowest BCUT2D eigenvalue weighted by molar-refractivity contribution is -0.117. The Morgan fingerprint density at radius 3 is 2.65 bits per heavy atom. The van der Waals surface area contributed by atoms with Crippen LogP contribution in [0.2, 0.25) is 0 Å². The van der Waals surface area contributed by atoms with Gasteiger partial charge in [0.05, 0.1) is 24.9 Å². The van der Waals surface area contributed by atoms with Gasteiger partial charge in [-0.15, -0.1) is 0 Å². The number of nitrogens with zero attached hydrogens (tertiary/aromatic N) is 4. The Kier molecular flexibility index (Phi) is 8.90. The van der Waals surface area contributed by atoms with Gasteiger partial charge in [0.2, 0.25) is 5.91 Å². The maximum atomic E-state index is 12.5. The Morgan fingerprint density at radius 1 is 1.19 bits per heavy atom. The Morgan fingerprint density at radius 2 is 1.95 bits per heavy atom. The maximum Gasteiger partial charge on any atom is 0.407 e. The third-order valence-electron chi connectivity index (χ3n) is 7.63. The van der Waals surface area contributed by atoms with Gasteiger partial charge in [-0.3, -0.25) is 9.48 Å². The summed E-state index contributed by atoms with van der Waals surface area (Å²) in [6.45, 7) is 10.2. The molecule has 1 aliphatic carbocycles. The lowest BCUT2D eigenvalue weighted by Crippen LogP contribution is -2.45. The molecule has 1 aliphatic heterocycles. The fourth-order valence-electron chi connectivity index (χ4n) is 5.86. The molecule has 1 saturated carbocycles. The zero-order valence-electron chi connectivity index (χ0n) is 23.1. The van der Waals surface area contributed by atoms with E-state index in [0.29, 0.717) is 6.42 Å². The Bertz CT molecular complexity index is 1080. The van der Waals surface area contributed by atoms with Crippen molar-refractivity contribution in [1.29, 1.82) is 0 Å². The van der Waals surface area contributed by atoms with Crippen LogP contribution < -0.4 is 10.2 Å². The first-order chi connectivity index (χ1) is 17.7. The van der Waals surface area contributed by atoms with Crippen LogP contribution in [-0.4, -0.2) is 59.0 Å². The molecule has 37 heavy (non-hydrogen) atoms. The maximum absolute atomic E-state index is 12.5. The van der Waals surface area contributed by atoms with Crippen molar-refractivity contribution in [3.8, 4) is 11.1 Å².